The first-order valence-electron chi connectivity index (χ1n) is 10.6. The van der Waals surface area contributed by atoms with Crippen LogP contribution in [0.1, 0.15) is 26.3 Å². The lowest BCUT2D eigenvalue weighted by molar-refractivity contribution is 0.0686. The number of esters is 1. The Morgan fingerprint density at radius 1 is 0.800 bits per heavy atom. The topological polar surface area (TPSA) is 80.8 Å². The minimum atomic E-state index is -4.22. The number of allylic oxidation sites excluding steroid dienone is 1. The van der Waals surface area contributed by atoms with Crippen LogP contribution >= 0.6 is 0 Å². The van der Waals surface area contributed by atoms with Gasteiger partial charge in [-0.2, -0.15) is 0 Å². The first-order chi connectivity index (χ1) is 16.8. The summed E-state index contributed by atoms with van der Waals surface area (Å²) in [6.45, 7) is 0. The van der Waals surface area contributed by atoms with Gasteiger partial charge in [0.15, 0.2) is 5.76 Å². The molecule has 0 bridgehead atoms. The summed E-state index contributed by atoms with van der Waals surface area (Å²) < 4.78 is 47.1. The van der Waals surface area contributed by atoms with Crippen molar-refractivity contribution in [3.05, 3.63) is 119 Å². The molecule has 0 aromatic heterocycles. The van der Waals surface area contributed by atoms with Gasteiger partial charge in [0.2, 0.25) is 5.78 Å². The number of ketones is 1. The standard InChI is InChI=1S/C27H18FNO5S/c1-29-24(25(30)20-12-11-17-7-5-6-10-19(17)15-20)26(34-27(31)18-8-3-2-4-9-18)22-16-21(28)13-14-23(22)35(29,32)33/h2-16H,1H3. The van der Waals surface area contributed by atoms with Gasteiger partial charge in [-0.1, -0.05) is 54.6 Å². The second-order valence-corrected chi connectivity index (χ2v) is 9.88. The number of hydrogen-bond acceptors (Lipinski definition) is 5. The molecular formula is C27H18FNO5S. The van der Waals surface area contributed by atoms with Crippen molar-refractivity contribution >= 4 is 38.3 Å². The molecule has 0 radical (unpaired) electrons. The fourth-order valence-corrected chi connectivity index (χ4v) is 5.36. The number of nitrogens with zero attached hydrogens (tertiary/aromatic N) is 1. The van der Waals surface area contributed by atoms with Crippen LogP contribution in [0.15, 0.2) is 102 Å². The summed E-state index contributed by atoms with van der Waals surface area (Å²) in [6, 6.07) is 23.4. The number of sulfonamides is 1. The molecule has 0 saturated heterocycles. The Hall–Kier alpha value is -4.30. The van der Waals surface area contributed by atoms with E-state index < -0.39 is 27.6 Å². The molecule has 4 aromatic carbocycles. The van der Waals surface area contributed by atoms with E-state index in [1.54, 1.807) is 36.4 Å². The van der Waals surface area contributed by atoms with E-state index in [4.69, 9.17) is 4.74 Å². The largest absolute Gasteiger partial charge is 0.420 e. The van der Waals surface area contributed by atoms with E-state index in [1.807, 2.05) is 24.3 Å². The summed E-state index contributed by atoms with van der Waals surface area (Å²) in [5.74, 6) is -2.57. The van der Waals surface area contributed by atoms with E-state index in [9.17, 15) is 22.4 Å². The van der Waals surface area contributed by atoms with Gasteiger partial charge >= 0.3 is 5.97 Å². The Morgan fingerprint density at radius 2 is 1.49 bits per heavy atom. The second-order valence-electron chi connectivity index (χ2n) is 7.94. The van der Waals surface area contributed by atoms with Gasteiger partial charge in [0.1, 0.15) is 11.5 Å². The lowest BCUT2D eigenvalue weighted by atomic mass is 10.0. The maximum atomic E-state index is 14.2. The summed E-state index contributed by atoms with van der Waals surface area (Å²) >= 11 is 0. The lowest BCUT2D eigenvalue weighted by Gasteiger charge is -2.30. The van der Waals surface area contributed by atoms with Gasteiger partial charge in [-0.15, -0.1) is 0 Å². The molecule has 1 heterocycles. The van der Waals surface area contributed by atoms with E-state index in [-0.39, 0.29) is 33.0 Å². The van der Waals surface area contributed by atoms with Crippen LogP contribution < -0.4 is 0 Å². The fourth-order valence-electron chi connectivity index (χ4n) is 3.99. The molecule has 0 aliphatic carbocycles. The number of fused-ring (bicyclic) bond motifs is 2. The van der Waals surface area contributed by atoms with Crippen molar-refractivity contribution < 1.29 is 27.1 Å². The summed E-state index contributed by atoms with van der Waals surface area (Å²) in [5.41, 5.74) is -0.209. The smallest absolute Gasteiger partial charge is 0.343 e. The zero-order chi connectivity index (χ0) is 24.7. The molecule has 4 aromatic rings. The SMILES string of the molecule is CN1C(C(=O)c2ccc3ccccc3c2)=C(OC(=O)c2ccccc2)c2cc(F)ccc2S1(=O)=O. The number of ether oxygens (including phenoxy) is 1. The molecule has 35 heavy (non-hydrogen) atoms. The third kappa shape index (κ3) is 3.87. The number of Topliss-reactive ketones (excluding diaryl/α,β-unsaturated/α-hetero) is 1. The maximum absolute atomic E-state index is 14.2. The Morgan fingerprint density at radius 3 is 2.23 bits per heavy atom. The highest BCUT2D eigenvalue weighted by atomic mass is 32.2. The first-order valence-corrected chi connectivity index (χ1v) is 12.1. The van der Waals surface area contributed by atoms with Crippen LogP contribution in [0, 0.1) is 5.82 Å². The molecule has 6 nitrogen and oxygen atoms in total. The van der Waals surface area contributed by atoms with Crippen molar-refractivity contribution in [2.45, 2.75) is 4.90 Å². The van der Waals surface area contributed by atoms with Crippen LogP contribution in [-0.4, -0.2) is 31.5 Å². The van der Waals surface area contributed by atoms with Crippen LogP contribution in [0.3, 0.4) is 0 Å². The Labute approximate surface area is 200 Å². The average Bonchev–Trinajstić information content (AvgIpc) is 2.87. The fraction of sp³-hybridized carbons (Fsp3) is 0.0370. The summed E-state index contributed by atoms with van der Waals surface area (Å²) in [4.78, 5) is 26.4. The monoisotopic (exact) mass is 487 g/mol. The maximum Gasteiger partial charge on any atom is 0.343 e. The summed E-state index contributed by atoms with van der Waals surface area (Å²) in [5, 5.41) is 1.67. The molecule has 8 heteroatoms. The molecule has 174 valence electrons. The minimum Gasteiger partial charge on any atom is -0.420 e. The van der Waals surface area contributed by atoms with E-state index in [1.165, 1.54) is 19.2 Å². The van der Waals surface area contributed by atoms with Crippen LogP contribution in [0.4, 0.5) is 4.39 Å². The van der Waals surface area contributed by atoms with Crippen LogP contribution in [0.2, 0.25) is 0 Å². The van der Waals surface area contributed by atoms with Crippen molar-refractivity contribution in [3.63, 3.8) is 0 Å². The van der Waals surface area contributed by atoms with Crippen molar-refractivity contribution in [2.24, 2.45) is 0 Å². The molecular weight excluding hydrogens is 469 g/mol. The minimum absolute atomic E-state index is 0.187. The second kappa shape index (κ2) is 8.48. The number of benzene rings is 4. The van der Waals surface area contributed by atoms with Crippen LogP contribution in [-0.2, 0) is 14.8 Å². The van der Waals surface area contributed by atoms with Crippen molar-refractivity contribution in [3.8, 4) is 0 Å². The zero-order valence-electron chi connectivity index (χ0n) is 18.4. The normalized spacial score (nSPS) is 14.5. The average molecular weight is 488 g/mol. The van der Waals surface area contributed by atoms with Gasteiger partial charge in [0, 0.05) is 18.2 Å². The van der Waals surface area contributed by atoms with Gasteiger partial charge in [-0.25, -0.2) is 17.6 Å². The molecule has 0 fully saturated rings. The van der Waals surface area contributed by atoms with Crippen LogP contribution in [0.25, 0.3) is 16.5 Å². The molecule has 1 aliphatic rings. The highest BCUT2D eigenvalue weighted by Gasteiger charge is 2.40. The number of rotatable bonds is 4. The van der Waals surface area contributed by atoms with E-state index in [0.717, 1.165) is 33.3 Å². The predicted molar refractivity (Wildman–Crippen MR) is 128 cm³/mol. The Bertz CT molecular complexity index is 1650. The Kier molecular flexibility index (Phi) is 5.45. The molecule has 0 spiro atoms. The molecule has 0 amide bonds. The quantitative estimate of drug-likeness (QED) is 0.298. The molecule has 0 unspecified atom stereocenters. The van der Waals surface area contributed by atoms with Gasteiger partial charge in [0.25, 0.3) is 10.0 Å². The molecule has 0 atom stereocenters. The number of halogens is 1. The van der Waals surface area contributed by atoms with Gasteiger partial charge in [0.05, 0.1) is 10.5 Å². The van der Waals surface area contributed by atoms with Crippen molar-refractivity contribution in [1.82, 2.24) is 4.31 Å². The lowest BCUT2D eigenvalue weighted by Crippen LogP contribution is -2.36. The predicted octanol–water partition coefficient (Wildman–Crippen LogP) is 5.02. The third-order valence-electron chi connectivity index (χ3n) is 5.79. The van der Waals surface area contributed by atoms with E-state index in [2.05, 4.69) is 0 Å². The van der Waals surface area contributed by atoms with Crippen molar-refractivity contribution in [1.29, 1.82) is 0 Å². The number of likely N-dealkylation sites (N-methyl/N-ethyl adjacent to an activating group) is 1. The van der Waals surface area contributed by atoms with E-state index >= 15 is 0 Å². The number of carbonyl (C=O) groups is 2. The Balaban J connectivity index is 1.73. The third-order valence-corrected chi connectivity index (χ3v) is 7.60. The molecule has 0 N–H and O–H groups in total. The highest BCUT2D eigenvalue weighted by Crippen LogP contribution is 2.39. The summed E-state index contributed by atoms with van der Waals surface area (Å²) in [6.07, 6.45) is 0. The number of carbonyl (C=O) groups excluding carboxylic acids is 2. The molecule has 1 aliphatic heterocycles. The molecule has 0 saturated carbocycles. The van der Waals surface area contributed by atoms with Gasteiger partial charge in [-0.3, -0.25) is 9.10 Å². The number of hydrogen-bond donors (Lipinski definition) is 0. The molecule has 5 rings (SSSR count). The van der Waals surface area contributed by atoms with Crippen molar-refractivity contribution in [2.75, 3.05) is 7.05 Å². The first kappa shape index (κ1) is 22.5. The van der Waals surface area contributed by atoms with Crippen LogP contribution in [0.5, 0.6) is 0 Å². The van der Waals surface area contributed by atoms with E-state index in [0.29, 0.717) is 0 Å². The zero-order valence-corrected chi connectivity index (χ0v) is 19.3. The van der Waals surface area contributed by atoms with Gasteiger partial charge in [-0.05, 0) is 47.2 Å². The summed E-state index contributed by atoms with van der Waals surface area (Å²) in [7, 11) is -3.02. The van der Waals surface area contributed by atoms with Gasteiger partial charge < -0.3 is 4.74 Å². The highest BCUT2D eigenvalue weighted by molar-refractivity contribution is 7.89.